The Hall–Kier alpha value is -1.10. The lowest BCUT2D eigenvalue weighted by molar-refractivity contribution is -0.154. The highest BCUT2D eigenvalue weighted by molar-refractivity contribution is 5.82. The molecule has 2 heterocycles. The summed E-state index contributed by atoms with van der Waals surface area (Å²) in [5, 5.41) is 8.91. The van der Waals surface area contributed by atoms with E-state index in [0.29, 0.717) is 12.8 Å². The third-order valence-corrected chi connectivity index (χ3v) is 4.43. The average Bonchev–Trinajstić information content (AvgIpc) is 2.80. The number of hydrogen-bond donors (Lipinski definition) is 1. The Balaban J connectivity index is 1.85. The van der Waals surface area contributed by atoms with Crippen LogP contribution in [0.15, 0.2) is 0 Å². The number of carbonyl (C=O) groups is 2. The molecule has 1 N–H and O–H groups in total. The van der Waals surface area contributed by atoms with Crippen LogP contribution in [0, 0.1) is 5.92 Å². The third-order valence-electron chi connectivity index (χ3n) is 4.43. The zero-order valence-electron chi connectivity index (χ0n) is 12.2. The summed E-state index contributed by atoms with van der Waals surface area (Å²) < 4.78 is 5.36. The lowest BCUT2D eigenvalue weighted by atomic mass is 9.96. The van der Waals surface area contributed by atoms with Crippen molar-refractivity contribution in [3.05, 3.63) is 0 Å². The summed E-state index contributed by atoms with van der Waals surface area (Å²) in [4.78, 5) is 25.1. The molecule has 2 saturated heterocycles. The van der Waals surface area contributed by atoms with Crippen molar-refractivity contribution in [3.8, 4) is 0 Å². The Morgan fingerprint density at radius 1 is 1.15 bits per heavy atom. The van der Waals surface area contributed by atoms with Crippen molar-refractivity contribution in [2.45, 2.75) is 64.1 Å². The van der Waals surface area contributed by atoms with Crippen LogP contribution in [0.2, 0.25) is 0 Å². The quantitative estimate of drug-likeness (QED) is 0.857. The standard InChI is InChI=1S/C15H25NO4/c1-2-4-11-5-3-9-16(10-8-11)14(17)12-6-7-13(20-12)15(18)19/h11-13H,2-10H2,1H3,(H,18,19)/t11?,12-,13+/m0/s1. The van der Waals surface area contributed by atoms with Crippen molar-refractivity contribution in [2.24, 2.45) is 5.92 Å². The molecule has 114 valence electrons. The number of carbonyl (C=O) groups excluding carboxylic acids is 1. The number of aliphatic carboxylic acids is 1. The van der Waals surface area contributed by atoms with Gasteiger partial charge in [-0.25, -0.2) is 4.79 Å². The first-order valence-electron chi connectivity index (χ1n) is 7.79. The molecule has 0 aromatic rings. The number of hydrogen-bond acceptors (Lipinski definition) is 3. The van der Waals surface area contributed by atoms with Crippen LogP contribution >= 0.6 is 0 Å². The Bertz CT molecular complexity index is 358. The number of carboxylic acids is 1. The van der Waals surface area contributed by atoms with Gasteiger partial charge in [-0.1, -0.05) is 19.8 Å². The van der Waals surface area contributed by atoms with Gasteiger partial charge < -0.3 is 14.7 Å². The smallest absolute Gasteiger partial charge is 0.332 e. The van der Waals surface area contributed by atoms with Crippen LogP contribution in [0.5, 0.6) is 0 Å². The molecule has 20 heavy (non-hydrogen) atoms. The molecule has 5 heteroatoms. The molecule has 0 aromatic heterocycles. The minimum absolute atomic E-state index is 0.00843. The second kappa shape index (κ2) is 7.07. The van der Waals surface area contributed by atoms with E-state index in [-0.39, 0.29) is 5.91 Å². The summed E-state index contributed by atoms with van der Waals surface area (Å²) in [5.74, 6) is -0.237. The van der Waals surface area contributed by atoms with Gasteiger partial charge >= 0.3 is 5.97 Å². The fourth-order valence-electron chi connectivity index (χ4n) is 3.29. The number of rotatable bonds is 4. The minimum Gasteiger partial charge on any atom is -0.479 e. The van der Waals surface area contributed by atoms with Gasteiger partial charge in [0.05, 0.1) is 0 Å². The molecule has 0 spiro atoms. The molecule has 5 nitrogen and oxygen atoms in total. The SMILES string of the molecule is CCCC1CCCN(C(=O)[C@@H]2CC[C@H](C(=O)O)O2)CC1. The van der Waals surface area contributed by atoms with Crippen LogP contribution in [0.4, 0.5) is 0 Å². The molecular weight excluding hydrogens is 258 g/mol. The third kappa shape index (κ3) is 3.72. The predicted molar refractivity (Wildman–Crippen MR) is 74.4 cm³/mol. The van der Waals surface area contributed by atoms with Gasteiger partial charge in [0.25, 0.3) is 5.91 Å². The van der Waals surface area contributed by atoms with Crippen molar-refractivity contribution in [3.63, 3.8) is 0 Å². The molecule has 1 unspecified atom stereocenters. The highest BCUT2D eigenvalue weighted by atomic mass is 16.5. The van der Waals surface area contributed by atoms with E-state index >= 15 is 0 Å². The van der Waals surface area contributed by atoms with Crippen molar-refractivity contribution in [2.75, 3.05) is 13.1 Å². The summed E-state index contributed by atoms with van der Waals surface area (Å²) in [6.07, 6.45) is 5.37. The lowest BCUT2D eigenvalue weighted by Crippen LogP contribution is -2.40. The molecule has 0 saturated carbocycles. The van der Waals surface area contributed by atoms with Gasteiger partial charge in [0, 0.05) is 13.1 Å². The molecule has 0 bridgehead atoms. The maximum Gasteiger partial charge on any atom is 0.332 e. The molecule has 0 aromatic carbocycles. The highest BCUT2D eigenvalue weighted by Crippen LogP contribution is 2.25. The second-order valence-electron chi connectivity index (χ2n) is 5.94. The Morgan fingerprint density at radius 3 is 2.55 bits per heavy atom. The predicted octanol–water partition coefficient (Wildman–Crippen LogP) is 2.05. The molecule has 2 rings (SSSR count). The molecule has 2 aliphatic rings. The Morgan fingerprint density at radius 2 is 1.90 bits per heavy atom. The first-order chi connectivity index (χ1) is 9.61. The topological polar surface area (TPSA) is 66.8 Å². The van der Waals surface area contributed by atoms with E-state index in [1.54, 1.807) is 0 Å². The minimum atomic E-state index is -0.959. The number of carboxylic acid groups (broad SMARTS) is 1. The second-order valence-corrected chi connectivity index (χ2v) is 5.94. The van der Waals surface area contributed by atoms with E-state index in [1.165, 1.54) is 19.3 Å². The molecule has 1 amide bonds. The van der Waals surface area contributed by atoms with Gasteiger partial charge in [-0.05, 0) is 38.0 Å². The van der Waals surface area contributed by atoms with E-state index in [9.17, 15) is 9.59 Å². The van der Waals surface area contributed by atoms with E-state index in [2.05, 4.69) is 6.92 Å². The maximum atomic E-state index is 12.4. The normalized spacial score (nSPS) is 31.1. The van der Waals surface area contributed by atoms with Crippen LogP contribution < -0.4 is 0 Å². The fourth-order valence-corrected chi connectivity index (χ4v) is 3.29. The first-order valence-corrected chi connectivity index (χ1v) is 7.79. The molecule has 3 atom stereocenters. The van der Waals surface area contributed by atoms with Crippen LogP contribution in [0.3, 0.4) is 0 Å². The van der Waals surface area contributed by atoms with Gasteiger partial charge in [0.1, 0.15) is 6.10 Å². The number of amides is 1. The summed E-state index contributed by atoms with van der Waals surface area (Å²) in [7, 11) is 0. The van der Waals surface area contributed by atoms with Crippen LogP contribution in [-0.4, -0.2) is 47.2 Å². The van der Waals surface area contributed by atoms with Gasteiger partial charge in [0.15, 0.2) is 6.10 Å². The largest absolute Gasteiger partial charge is 0.479 e. The monoisotopic (exact) mass is 283 g/mol. The van der Waals surface area contributed by atoms with Crippen molar-refractivity contribution >= 4 is 11.9 Å². The van der Waals surface area contributed by atoms with Gasteiger partial charge in [-0.15, -0.1) is 0 Å². The maximum absolute atomic E-state index is 12.4. The van der Waals surface area contributed by atoms with E-state index in [0.717, 1.165) is 31.8 Å². The lowest BCUT2D eigenvalue weighted by Gasteiger charge is -2.24. The van der Waals surface area contributed by atoms with Gasteiger partial charge in [-0.2, -0.15) is 0 Å². The number of ether oxygens (including phenoxy) is 1. The summed E-state index contributed by atoms with van der Waals surface area (Å²) >= 11 is 0. The van der Waals surface area contributed by atoms with Crippen LogP contribution in [0.25, 0.3) is 0 Å². The molecule has 0 aliphatic carbocycles. The van der Waals surface area contributed by atoms with Crippen LogP contribution in [0.1, 0.15) is 51.9 Å². The summed E-state index contributed by atoms with van der Waals surface area (Å²) in [5.41, 5.74) is 0. The molecular formula is C15H25NO4. The van der Waals surface area contributed by atoms with E-state index < -0.39 is 18.2 Å². The average molecular weight is 283 g/mol. The number of nitrogens with zero attached hydrogens (tertiary/aromatic N) is 1. The summed E-state index contributed by atoms with van der Waals surface area (Å²) in [6, 6.07) is 0. The molecule has 0 radical (unpaired) electrons. The van der Waals surface area contributed by atoms with E-state index in [1.807, 2.05) is 4.90 Å². The Kier molecular flexibility index (Phi) is 5.40. The Labute approximate surface area is 120 Å². The highest BCUT2D eigenvalue weighted by Gasteiger charge is 2.37. The van der Waals surface area contributed by atoms with E-state index in [4.69, 9.17) is 9.84 Å². The summed E-state index contributed by atoms with van der Waals surface area (Å²) in [6.45, 7) is 3.78. The van der Waals surface area contributed by atoms with Crippen molar-refractivity contribution in [1.82, 2.24) is 4.90 Å². The van der Waals surface area contributed by atoms with Crippen molar-refractivity contribution < 1.29 is 19.4 Å². The molecule has 2 fully saturated rings. The van der Waals surface area contributed by atoms with Crippen molar-refractivity contribution in [1.29, 1.82) is 0 Å². The number of likely N-dealkylation sites (tertiary alicyclic amines) is 1. The zero-order valence-corrected chi connectivity index (χ0v) is 12.2. The zero-order chi connectivity index (χ0) is 14.5. The van der Waals surface area contributed by atoms with Gasteiger partial charge in [-0.3, -0.25) is 4.79 Å². The van der Waals surface area contributed by atoms with Crippen LogP contribution in [-0.2, 0) is 14.3 Å². The van der Waals surface area contributed by atoms with Gasteiger partial charge in [0.2, 0.25) is 0 Å². The molecule has 2 aliphatic heterocycles. The first kappa shape index (κ1) is 15.3. The fraction of sp³-hybridized carbons (Fsp3) is 0.867.